The molecule has 0 saturated carbocycles. The predicted octanol–water partition coefficient (Wildman–Crippen LogP) is 0.797. The first-order valence-corrected chi connectivity index (χ1v) is 5.33. The lowest BCUT2D eigenvalue weighted by atomic mass is 10.1. The van der Waals surface area contributed by atoms with Crippen molar-refractivity contribution in [2.24, 2.45) is 0 Å². The third kappa shape index (κ3) is 2.62. The minimum absolute atomic E-state index is 0.302. The fourth-order valence-electron chi connectivity index (χ4n) is 1.73. The van der Waals surface area contributed by atoms with Crippen LogP contribution in [0.4, 0.5) is 0 Å². The van der Waals surface area contributed by atoms with E-state index < -0.39 is 0 Å². The SMILES string of the molecule is CCc1nnc(CN2CCCC(=O)C2)o1. The van der Waals surface area contributed by atoms with Crippen molar-refractivity contribution in [1.82, 2.24) is 15.1 Å². The molecule has 0 radical (unpaired) electrons. The van der Waals surface area contributed by atoms with Gasteiger partial charge in [0.25, 0.3) is 0 Å². The second kappa shape index (κ2) is 4.53. The third-order valence-corrected chi connectivity index (χ3v) is 2.50. The van der Waals surface area contributed by atoms with Crippen molar-refractivity contribution in [1.29, 1.82) is 0 Å². The maximum atomic E-state index is 11.2. The van der Waals surface area contributed by atoms with E-state index in [1.54, 1.807) is 0 Å². The Morgan fingerprint density at radius 1 is 1.40 bits per heavy atom. The molecule has 5 nitrogen and oxygen atoms in total. The van der Waals surface area contributed by atoms with Gasteiger partial charge in [-0.1, -0.05) is 6.92 Å². The molecule has 2 rings (SSSR count). The van der Waals surface area contributed by atoms with Crippen LogP contribution in [0.5, 0.6) is 0 Å². The minimum Gasteiger partial charge on any atom is -0.424 e. The fraction of sp³-hybridized carbons (Fsp3) is 0.700. The van der Waals surface area contributed by atoms with Gasteiger partial charge in [-0.15, -0.1) is 10.2 Å². The van der Waals surface area contributed by atoms with Crippen LogP contribution in [0.15, 0.2) is 4.42 Å². The van der Waals surface area contributed by atoms with E-state index in [1.165, 1.54) is 0 Å². The van der Waals surface area contributed by atoms with Crippen molar-refractivity contribution in [2.45, 2.75) is 32.7 Å². The van der Waals surface area contributed by atoms with E-state index >= 15 is 0 Å². The number of likely N-dealkylation sites (tertiary alicyclic amines) is 1. The summed E-state index contributed by atoms with van der Waals surface area (Å²) in [6, 6.07) is 0. The molecule has 0 unspecified atom stereocenters. The molecule has 0 aliphatic carbocycles. The molecule has 1 aromatic rings. The molecule has 1 aliphatic heterocycles. The van der Waals surface area contributed by atoms with Gasteiger partial charge in [0.1, 0.15) is 5.78 Å². The minimum atomic E-state index is 0.302. The van der Waals surface area contributed by atoms with Gasteiger partial charge < -0.3 is 4.42 Å². The zero-order chi connectivity index (χ0) is 10.7. The molecule has 82 valence electrons. The van der Waals surface area contributed by atoms with Gasteiger partial charge in [0.2, 0.25) is 11.8 Å². The molecule has 1 fully saturated rings. The molecule has 1 aliphatic rings. The molecule has 0 N–H and O–H groups in total. The number of hydrogen-bond acceptors (Lipinski definition) is 5. The van der Waals surface area contributed by atoms with Gasteiger partial charge >= 0.3 is 0 Å². The standard InChI is InChI=1S/C10H15N3O2/c1-2-9-11-12-10(15-9)7-13-5-3-4-8(14)6-13/h2-7H2,1H3. The summed E-state index contributed by atoms with van der Waals surface area (Å²) in [5, 5.41) is 7.83. The monoisotopic (exact) mass is 209 g/mol. The first kappa shape index (κ1) is 10.3. The summed E-state index contributed by atoms with van der Waals surface area (Å²) in [4.78, 5) is 13.3. The summed E-state index contributed by atoms with van der Waals surface area (Å²) in [5.41, 5.74) is 0. The third-order valence-electron chi connectivity index (χ3n) is 2.50. The van der Waals surface area contributed by atoms with E-state index in [-0.39, 0.29) is 0 Å². The average Bonchev–Trinajstić information content (AvgIpc) is 2.65. The Morgan fingerprint density at radius 2 is 2.20 bits per heavy atom. The number of aryl methyl sites for hydroxylation is 1. The summed E-state index contributed by atoms with van der Waals surface area (Å²) in [5.74, 6) is 1.58. The molecule has 0 aromatic carbocycles. The summed E-state index contributed by atoms with van der Waals surface area (Å²) in [7, 11) is 0. The quantitative estimate of drug-likeness (QED) is 0.736. The van der Waals surface area contributed by atoms with Gasteiger partial charge in [0.15, 0.2) is 0 Å². The molecule has 5 heteroatoms. The average molecular weight is 209 g/mol. The van der Waals surface area contributed by atoms with Gasteiger partial charge in [0.05, 0.1) is 13.1 Å². The Kier molecular flexibility index (Phi) is 3.11. The molecular formula is C10H15N3O2. The smallest absolute Gasteiger partial charge is 0.230 e. The molecule has 2 heterocycles. The van der Waals surface area contributed by atoms with Crippen molar-refractivity contribution < 1.29 is 9.21 Å². The first-order valence-electron chi connectivity index (χ1n) is 5.33. The number of carbonyl (C=O) groups excluding carboxylic acids is 1. The lowest BCUT2D eigenvalue weighted by Crippen LogP contribution is -2.35. The predicted molar refractivity (Wildman–Crippen MR) is 53.2 cm³/mol. The van der Waals surface area contributed by atoms with Crippen molar-refractivity contribution >= 4 is 5.78 Å². The molecular weight excluding hydrogens is 194 g/mol. The van der Waals surface area contributed by atoms with Crippen molar-refractivity contribution in [2.75, 3.05) is 13.1 Å². The Labute approximate surface area is 88.5 Å². The highest BCUT2D eigenvalue weighted by Crippen LogP contribution is 2.10. The molecule has 1 aromatic heterocycles. The van der Waals surface area contributed by atoms with E-state index in [2.05, 4.69) is 15.1 Å². The number of ketones is 1. The number of hydrogen-bond donors (Lipinski definition) is 0. The second-order valence-electron chi connectivity index (χ2n) is 3.80. The van der Waals surface area contributed by atoms with Crippen LogP contribution in [0.25, 0.3) is 0 Å². The van der Waals surface area contributed by atoms with Crippen molar-refractivity contribution in [3.8, 4) is 0 Å². The second-order valence-corrected chi connectivity index (χ2v) is 3.80. The number of Topliss-reactive ketones (excluding diaryl/α,β-unsaturated/α-hetero) is 1. The maximum absolute atomic E-state index is 11.2. The van der Waals surface area contributed by atoms with Gasteiger partial charge in [-0.25, -0.2) is 0 Å². The van der Waals surface area contributed by atoms with E-state index in [0.717, 1.165) is 19.4 Å². The summed E-state index contributed by atoms with van der Waals surface area (Å²) in [6.07, 6.45) is 2.40. The van der Waals surface area contributed by atoms with Gasteiger partial charge in [0, 0.05) is 12.8 Å². The first-order chi connectivity index (χ1) is 7.28. The van der Waals surface area contributed by atoms with Crippen LogP contribution in [0.3, 0.4) is 0 Å². The Balaban J connectivity index is 1.93. The highest BCUT2D eigenvalue weighted by molar-refractivity contribution is 5.81. The normalized spacial score (nSPS) is 18.3. The summed E-state index contributed by atoms with van der Waals surface area (Å²) >= 11 is 0. The lowest BCUT2D eigenvalue weighted by molar-refractivity contribution is -0.122. The highest BCUT2D eigenvalue weighted by atomic mass is 16.4. The molecule has 1 saturated heterocycles. The van der Waals surface area contributed by atoms with Crippen molar-refractivity contribution in [3.05, 3.63) is 11.8 Å². The van der Waals surface area contributed by atoms with Crippen molar-refractivity contribution in [3.63, 3.8) is 0 Å². The molecule has 0 atom stereocenters. The summed E-state index contributed by atoms with van der Waals surface area (Å²) in [6.45, 7) is 4.03. The van der Waals surface area contributed by atoms with Gasteiger partial charge in [-0.05, 0) is 13.0 Å². The van der Waals surface area contributed by atoms with E-state index in [9.17, 15) is 4.79 Å². The largest absolute Gasteiger partial charge is 0.424 e. The van der Waals surface area contributed by atoms with Crippen LogP contribution in [-0.2, 0) is 17.8 Å². The molecule has 0 bridgehead atoms. The van der Waals surface area contributed by atoms with Crippen LogP contribution in [-0.4, -0.2) is 34.0 Å². The van der Waals surface area contributed by atoms with E-state index in [4.69, 9.17) is 4.42 Å². The zero-order valence-corrected chi connectivity index (χ0v) is 8.90. The number of carbonyl (C=O) groups is 1. The zero-order valence-electron chi connectivity index (χ0n) is 8.90. The van der Waals surface area contributed by atoms with Crippen LogP contribution in [0, 0.1) is 0 Å². The number of rotatable bonds is 3. The fourth-order valence-corrected chi connectivity index (χ4v) is 1.73. The molecule has 0 spiro atoms. The van der Waals surface area contributed by atoms with Crippen LogP contribution in [0.1, 0.15) is 31.5 Å². The number of piperidine rings is 1. The van der Waals surface area contributed by atoms with Gasteiger partial charge in [-0.2, -0.15) is 0 Å². The number of aromatic nitrogens is 2. The topological polar surface area (TPSA) is 59.2 Å². The van der Waals surface area contributed by atoms with E-state index in [1.807, 2.05) is 6.92 Å². The van der Waals surface area contributed by atoms with Gasteiger partial charge in [-0.3, -0.25) is 9.69 Å². The molecule has 15 heavy (non-hydrogen) atoms. The number of nitrogens with zero attached hydrogens (tertiary/aromatic N) is 3. The Bertz CT molecular complexity index is 348. The molecule has 0 amide bonds. The summed E-state index contributed by atoms with van der Waals surface area (Å²) < 4.78 is 5.40. The lowest BCUT2D eigenvalue weighted by Gasteiger charge is -2.23. The Morgan fingerprint density at radius 3 is 2.87 bits per heavy atom. The maximum Gasteiger partial charge on any atom is 0.230 e. The van der Waals surface area contributed by atoms with Crippen LogP contribution < -0.4 is 0 Å². The highest BCUT2D eigenvalue weighted by Gasteiger charge is 2.18. The van der Waals surface area contributed by atoms with Crippen LogP contribution >= 0.6 is 0 Å². The Hall–Kier alpha value is -1.23. The van der Waals surface area contributed by atoms with E-state index in [0.29, 0.717) is 37.1 Å². The van der Waals surface area contributed by atoms with Crippen LogP contribution in [0.2, 0.25) is 0 Å².